The lowest BCUT2D eigenvalue weighted by molar-refractivity contribution is -0.124. The summed E-state index contributed by atoms with van der Waals surface area (Å²) in [6, 6.07) is 14.4. The fourth-order valence-corrected chi connectivity index (χ4v) is 2.41. The summed E-state index contributed by atoms with van der Waals surface area (Å²) in [6.45, 7) is 1.88. The van der Waals surface area contributed by atoms with Crippen LogP contribution in [0.15, 0.2) is 48.5 Å². The van der Waals surface area contributed by atoms with Crippen LogP contribution >= 0.6 is 23.8 Å². The van der Waals surface area contributed by atoms with Crippen LogP contribution in [0.4, 0.5) is 0 Å². The Morgan fingerprint density at radius 2 is 1.59 bits per heavy atom. The molecule has 0 aliphatic heterocycles. The molecular formula is C19H20ClN3O3S. The van der Waals surface area contributed by atoms with Gasteiger partial charge in [0.1, 0.15) is 5.75 Å². The molecule has 0 radical (unpaired) electrons. The second-order valence-electron chi connectivity index (χ2n) is 5.64. The Balaban J connectivity index is 1.67. The van der Waals surface area contributed by atoms with Gasteiger partial charge in [-0.05, 0) is 54.0 Å². The number of thiocarbonyl (C=S) groups is 1. The number of halogens is 1. The summed E-state index contributed by atoms with van der Waals surface area (Å²) in [5.41, 5.74) is 6.81. The highest BCUT2D eigenvalue weighted by molar-refractivity contribution is 7.80. The van der Waals surface area contributed by atoms with Crippen molar-refractivity contribution in [3.8, 4) is 5.75 Å². The van der Waals surface area contributed by atoms with Gasteiger partial charge in [-0.15, -0.1) is 0 Å². The predicted molar refractivity (Wildman–Crippen MR) is 108 cm³/mol. The van der Waals surface area contributed by atoms with Gasteiger partial charge in [-0.3, -0.25) is 20.4 Å². The molecule has 0 aliphatic carbocycles. The molecule has 0 fully saturated rings. The monoisotopic (exact) mass is 405 g/mol. The number of rotatable bonds is 6. The minimum atomic E-state index is -0.427. The Hall–Kier alpha value is -2.64. The summed E-state index contributed by atoms with van der Waals surface area (Å²) in [4.78, 5) is 23.7. The largest absolute Gasteiger partial charge is 0.484 e. The van der Waals surface area contributed by atoms with E-state index in [4.69, 9.17) is 28.6 Å². The molecule has 27 heavy (non-hydrogen) atoms. The lowest BCUT2D eigenvalue weighted by Crippen LogP contribution is -2.49. The zero-order valence-electron chi connectivity index (χ0n) is 14.8. The van der Waals surface area contributed by atoms with E-state index < -0.39 is 5.91 Å². The Morgan fingerprint density at radius 3 is 2.22 bits per heavy atom. The van der Waals surface area contributed by atoms with E-state index in [1.807, 2.05) is 12.1 Å². The number of carbonyl (C=O) groups is 2. The number of aryl methyl sites for hydroxylation is 1. The number of hydrazine groups is 1. The molecule has 142 valence electrons. The van der Waals surface area contributed by atoms with Crippen LogP contribution in [-0.4, -0.2) is 23.5 Å². The van der Waals surface area contributed by atoms with E-state index >= 15 is 0 Å². The van der Waals surface area contributed by atoms with Crippen molar-refractivity contribution in [2.45, 2.75) is 19.8 Å². The molecule has 2 aromatic carbocycles. The SMILES string of the molecule is CCc1ccc(OCC(=O)NNC(=S)NC(=O)Cc2ccc(Cl)cc2)cc1. The molecule has 0 saturated carbocycles. The quantitative estimate of drug-likeness (QED) is 0.508. The van der Waals surface area contributed by atoms with E-state index in [0.717, 1.165) is 12.0 Å². The van der Waals surface area contributed by atoms with Crippen molar-refractivity contribution in [2.24, 2.45) is 0 Å². The zero-order valence-corrected chi connectivity index (χ0v) is 16.3. The van der Waals surface area contributed by atoms with Crippen molar-refractivity contribution >= 4 is 40.7 Å². The van der Waals surface area contributed by atoms with Gasteiger partial charge in [-0.1, -0.05) is 42.8 Å². The van der Waals surface area contributed by atoms with Gasteiger partial charge in [0, 0.05) is 5.02 Å². The van der Waals surface area contributed by atoms with Crippen LogP contribution in [0, 0.1) is 0 Å². The van der Waals surface area contributed by atoms with Crippen molar-refractivity contribution in [2.75, 3.05) is 6.61 Å². The Labute approximate surface area is 168 Å². The Kier molecular flexibility index (Phi) is 8.03. The van der Waals surface area contributed by atoms with Crippen molar-refractivity contribution in [3.63, 3.8) is 0 Å². The number of hydrogen-bond donors (Lipinski definition) is 3. The molecule has 6 nitrogen and oxygen atoms in total. The average molecular weight is 406 g/mol. The molecule has 0 aromatic heterocycles. The lowest BCUT2D eigenvalue weighted by atomic mass is 10.1. The number of nitrogens with one attached hydrogen (secondary N) is 3. The van der Waals surface area contributed by atoms with Gasteiger partial charge in [-0.2, -0.15) is 0 Å². The number of ether oxygens (including phenoxy) is 1. The summed E-state index contributed by atoms with van der Waals surface area (Å²) in [6.07, 6.45) is 1.08. The van der Waals surface area contributed by atoms with Gasteiger partial charge in [-0.25, -0.2) is 0 Å². The van der Waals surface area contributed by atoms with Crippen LogP contribution in [0.25, 0.3) is 0 Å². The first-order chi connectivity index (χ1) is 13.0. The van der Waals surface area contributed by atoms with Crippen LogP contribution in [0.5, 0.6) is 5.75 Å². The van der Waals surface area contributed by atoms with Gasteiger partial charge in [0.2, 0.25) is 5.91 Å². The van der Waals surface area contributed by atoms with Crippen molar-refractivity contribution in [1.82, 2.24) is 16.2 Å². The molecule has 0 saturated heterocycles. The van der Waals surface area contributed by atoms with E-state index in [1.165, 1.54) is 5.56 Å². The molecule has 0 unspecified atom stereocenters. The summed E-state index contributed by atoms with van der Waals surface area (Å²) in [7, 11) is 0. The molecule has 2 rings (SSSR count). The van der Waals surface area contributed by atoms with Gasteiger partial charge in [0.15, 0.2) is 11.7 Å². The third-order valence-corrected chi connectivity index (χ3v) is 4.00. The van der Waals surface area contributed by atoms with Crippen LogP contribution in [0.2, 0.25) is 5.02 Å². The van der Waals surface area contributed by atoms with Gasteiger partial charge >= 0.3 is 0 Å². The number of benzene rings is 2. The van der Waals surface area contributed by atoms with Gasteiger partial charge in [0.05, 0.1) is 6.42 Å². The first-order valence-electron chi connectivity index (χ1n) is 8.31. The predicted octanol–water partition coefficient (Wildman–Crippen LogP) is 2.55. The summed E-state index contributed by atoms with van der Waals surface area (Å²) >= 11 is 10.8. The van der Waals surface area contributed by atoms with Crippen molar-refractivity contribution < 1.29 is 14.3 Å². The van der Waals surface area contributed by atoms with E-state index in [0.29, 0.717) is 10.8 Å². The second-order valence-corrected chi connectivity index (χ2v) is 6.48. The fraction of sp³-hybridized carbons (Fsp3) is 0.211. The second kappa shape index (κ2) is 10.5. The molecule has 3 N–H and O–H groups in total. The maximum Gasteiger partial charge on any atom is 0.276 e. The molecular weight excluding hydrogens is 386 g/mol. The first kappa shape index (κ1) is 20.7. The van der Waals surface area contributed by atoms with Gasteiger partial charge in [0.25, 0.3) is 5.91 Å². The third kappa shape index (κ3) is 7.64. The standard InChI is InChI=1S/C19H20ClN3O3S/c1-2-13-5-9-16(10-6-13)26-12-18(25)22-23-19(27)21-17(24)11-14-3-7-15(20)8-4-14/h3-10H,2,11-12H2,1H3,(H,22,25)(H2,21,23,24,27). The maximum atomic E-state index is 11.9. The Bertz CT molecular complexity index is 795. The maximum absolute atomic E-state index is 11.9. The number of hydrogen-bond acceptors (Lipinski definition) is 4. The highest BCUT2D eigenvalue weighted by Gasteiger charge is 2.08. The highest BCUT2D eigenvalue weighted by atomic mass is 35.5. The first-order valence-corrected chi connectivity index (χ1v) is 9.09. The topological polar surface area (TPSA) is 79.5 Å². The smallest absolute Gasteiger partial charge is 0.276 e. The Morgan fingerprint density at radius 1 is 0.963 bits per heavy atom. The molecule has 2 amide bonds. The van der Waals surface area contributed by atoms with E-state index in [-0.39, 0.29) is 24.0 Å². The van der Waals surface area contributed by atoms with Crippen LogP contribution in [0.3, 0.4) is 0 Å². The van der Waals surface area contributed by atoms with E-state index in [1.54, 1.807) is 36.4 Å². The number of carbonyl (C=O) groups excluding carboxylic acids is 2. The normalized spacial score (nSPS) is 10.0. The summed E-state index contributed by atoms with van der Waals surface area (Å²) in [5, 5.41) is 3.07. The molecule has 0 atom stereocenters. The van der Waals surface area contributed by atoms with Gasteiger partial charge < -0.3 is 10.1 Å². The number of amides is 2. The van der Waals surface area contributed by atoms with Crippen molar-refractivity contribution in [1.29, 1.82) is 0 Å². The molecule has 0 spiro atoms. The van der Waals surface area contributed by atoms with Crippen LogP contribution < -0.4 is 20.9 Å². The molecule has 8 heteroatoms. The van der Waals surface area contributed by atoms with E-state index in [2.05, 4.69) is 23.1 Å². The molecule has 0 heterocycles. The van der Waals surface area contributed by atoms with E-state index in [9.17, 15) is 9.59 Å². The lowest BCUT2D eigenvalue weighted by Gasteiger charge is -2.11. The van der Waals surface area contributed by atoms with Crippen molar-refractivity contribution in [3.05, 3.63) is 64.7 Å². The highest BCUT2D eigenvalue weighted by Crippen LogP contribution is 2.12. The summed E-state index contributed by atoms with van der Waals surface area (Å²) < 4.78 is 5.38. The molecule has 2 aromatic rings. The van der Waals surface area contributed by atoms with Crippen LogP contribution in [-0.2, 0) is 22.4 Å². The third-order valence-electron chi connectivity index (χ3n) is 3.55. The summed E-state index contributed by atoms with van der Waals surface area (Å²) in [5.74, 6) is -0.138. The zero-order chi connectivity index (χ0) is 19.6. The molecule has 0 bridgehead atoms. The minimum absolute atomic E-state index is 0.00499. The van der Waals surface area contributed by atoms with Crippen LogP contribution in [0.1, 0.15) is 18.1 Å². The fourth-order valence-electron chi connectivity index (χ4n) is 2.12. The average Bonchev–Trinajstić information content (AvgIpc) is 2.67. The minimum Gasteiger partial charge on any atom is -0.484 e. The molecule has 0 aliphatic rings.